The fourth-order valence-electron chi connectivity index (χ4n) is 2.80. The first kappa shape index (κ1) is 16.2. The molecule has 0 aliphatic carbocycles. The number of rotatable bonds is 4. The zero-order valence-electron chi connectivity index (χ0n) is 12.9. The van der Waals surface area contributed by atoms with Crippen LogP contribution in [0.1, 0.15) is 27.2 Å². The minimum Gasteiger partial charge on any atom is -0.381 e. The SMILES string of the molecule is CC(C)(C)NCC1(CN2CCS(=O)(=O)CC2)CCOC1. The Morgan fingerprint density at radius 2 is 1.90 bits per heavy atom. The maximum Gasteiger partial charge on any atom is 0.152 e. The summed E-state index contributed by atoms with van der Waals surface area (Å²) in [6.45, 7) is 11.3. The number of hydrogen-bond donors (Lipinski definition) is 1. The third kappa shape index (κ3) is 4.69. The van der Waals surface area contributed by atoms with Crippen molar-refractivity contribution in [2.75, 3.05) is 50.9 Å². The van der Waals surface area contributed by atoms with Crippen molar-refractivity contribution >= 4 is 9.84 Å². The van der Waals surface area contributed by atoms with Gasteiger partial charge in [-0.3, -0.25) is 0 Å². The largest absolute Gasteiger partial charge is 0.381 e. The summed E-state index contributed by atoms with van der Waals surface area (Å²) in [4.78, 5) is 2.29. The van der Waals surface area contributed by atoms with Crippen LogP contribution in [0.3, 0.4) is 0 Å². The molecule has 1 N–H and O–H groups in total. The van der Waals surface area contributed by atoms with Crippen molar-refractivity contribution in [2.24, 2.45) is 5.41 Å². The molecule has 0 bridgehead atoms. The van der Waals surface area contributed by atoms with E-state index in [-0.39, 0.29) is 11.0 Å². The molecule has 1 atom stereocenters. The van der Waals surface area contributed by atoms with E-state index in [0.29, 0.717) is 24.6 Å². The molecule has 1 unspecified atom stereocenters. The quantitative estimate of drug-likeness (QED) is 0.820. The molecule has 5 nitrogen and oxygen atoms in total. The second-order valence-corrected chi connectivity index (χ2v) is 9.64. The minimum atomic E-state index is -2.79. The molecule has 6 heteroatoms. The van der Waals surface area contributed by atoms with Crippen LogP contribution in [0.4, 0.5) is 0 Å². The van der Waals surface area contributed by atoms with Crippen LogP contribution in [0.15, 0.2) is 0 Å². The highest BCUT2D eigenvalue weighted by molar-refractivity contribution is 7.91. The Balaban J connectivity index is 1.92. The van der Waals surface area contributed by atoms with Gasteiger partial charge in [-0.25, -0.2) is 8.42 Å². The summed E-state index contributed by atoms with van der Waals surface area (Å²) in [6, 6.07) is 0. The first-order valence-corrected chi connectivity index (χ1v) is 9.28. The van der Waals surface area contributed by atoms with Crippen LogP contribution in [-0.4, -0.2) is 69.8 Å². The van der Waals surface area contributed by atoms with Gasteiger partial charge in [-0.15, -0.1) is 0 Å². The fourth-order valence-corrected chi connectivity index (χ4v) is 4.08. The molecule has 0 aromatic rings. The predicted molar refractivity (Wildman–Crippen MR) is 80.7 cm³/mol. The van der Waals surface area contributed by atoms with Crippen LogP contribution in [0.25, 0.3) is 0 Å². The number of hydrogen-bond acceptors (Lipinski definition) is 5. The maximum absolute atomic E-state index is 11.5. The summed E-state index contributed by atoms with van der Waals surface area (Å²) in [7, 11) is -2.79. The van der Waals surface area contributed by atoms with Crippen molar-refractivity contribution in [3.8, 4) is 0 Å². The second kappa shape index (κ2) is 5.91. The number of sulfone groups is 1. The summed E-state index contributed by atoms with van der Waals surface area (Å²) < 4.78 is 28.6. The van der Waals surface area contributed by atoms with E-state index in [2.05, 4.69) is 31.0 Å². The van der Waals surface area contributed by atoms with Gasteiger partial charge in [0.05, 0.1) is 18.1 Å². The fraction of sp³-hybridized carbons (Fsp3) is 1.00. The van der Waals surface area contributed by atoms with E-state index >= 15 is 0 Å². The molecule has 2 aliphatic heterocycles. The predicted octanol–water partition coefficient (Wildman–Crippen LogP) is 0.512. The molecular formula is C14H28N2O3S. The van der Waals surface area contributed by atoms with Gasteiger partial charge in [0.15, 0.2) is 9.84 Å². The zero-order chi connectivity index (χ0) is 14.9. The Hall–Kier alpha value is -0.170. The molecule has 2 aliphatic rings. The average Bonchev–Trinajstić information content (AvgIpc) is 2.78. The summed E-state index contributed by atoms with van der Waals surface area (Å²) in [5, 5.41) is 3.59. The van der Waals surface area contributed by atoms with E-state index in [1.807, 2.05) is 0 Å². The third-order valence-corrected chi connectivity index (χ3v) is 5.78. The Morgan fingerprint density at radius 3 is 2.40 bits per heavy atom. The Labute approximate surface area is 123 Å². The van der Waals surface area contributed by atoms with Gasteiger partial charge in [0.25, 0.3) is 0 Å². The maximum atomic E-state index is 11.5. The molecule has 0 amide bonds. The van der Waals surface area contributed by atoms with Gasteiger partial charge in [0.2, 0.25) is 0 Å². The van der Waals surface area contributed by atoms with Crippen molar-refractivity contribution in [3.63, 3.8) is 0 Å². The number of nitrogens with zero attached hydrogens (tertiary/aromatic N) is 1. The lowest BCUT2D eigenvalue weighted by atomic mass is 9.85. The van der Waals surface area contributed by atoms with Gasteiger partial charge >= 0.3 is 0 Å². The Bertz CT molecular complexity index is 408. The topological polar surface area (TPSA) is 58.6 Å². The van der Waals surface area contributed by atoms with Gasteiger partial charge < -0.3 is 15.0 Å². The molecule has 118 valence electrons. The first-order chi connectivity index (χ1) is 9.20. The lowest BCUT2D eigenvalue weighted by Gasteiger charge is -2.38. The summed E-state index contributed by atoms with van der Waals surface area (Å²) in [5.74, 6) is 0.604. The van der Waals surface area contributed by atoms with Crippen LogP contribution < -0.4 is 5.32 Å². The highest BCUT2D eigenvalue weighted by Crippen LogP contribution is 2.30. The highest BCUT2D eigenvalue weighted by Gasteiger charge is 2.38. The molecule has 0 saturated carbocycles. The summed E-state index contributed by atoms with van der Waals surface area (Å²) in [5.41, 5.74) is 0.231. The van der Waals surface area contributed by atoms with Crippen LogP contribution in [0, 0.1) is 5.41 Å². The Morgan fingerprint density at radius 1 is 1.25 bits per heavy atom. The zero-order valence-corrected chi connectivity index (χ0v) is 13.8. The minimum absolute atomic E-state index is 0.0980. The Kier molecular flexibility index (Phi) is 4.79. The van der Waals surface area contributed by atoms with E-state index in [1.54, 1.807) is 0 Å². The third-order valence-electron chi connectivity index (χ3n) is 4.17. The monoisotopic (exact) mass is 304 g/mol. The van der Waals surface area contributed by atoms with E-state index < -0.39 is 9.84 Å². The van der Waals surface area contributed by atoms with Crippen LogP contribution in [-0.2, 0) is 14.6 Å². The normalized spacial score (nSPS) is 31.6. The molecule has 0 spiro atoms. The molecule has 0 radical (unpaired) electrons. The number of nitrogens with one attached hydrogen (secondary N) is 1. The van der Waals surface area contributed by atoms with Crippen molar-refractivity contribution in [3.05, 3.63) is 0 Å². The van der Waals surface area contributed by atoms with E-state index in [9.17, 15) is 8.42 Å². The molecular weight excluding hydrogens is 276 g/mol. The highest BCUT2D eigenvalue weighted by atomic mass is 32.2. The van der Waals surface area contributed by atoms with E-state index in [4.69, 9.17) is 4.74 Å². The average molecular weight is 304 g/mol. The first-order valence-electron chi connectivity index (χ1n) is 7.45. The van der Waals surface area contributed by atoms with Crippen LogP contribution >= 0.6 is 0 Å². The van der Waals surface area contributed by atoms with Gasteiger partial charge in [0, 0.05) is 43.7 Å². The molecule has 2 saturated heterocycles. The van der Waals surface area contributed by atoms with E-state index in [0.717, 1.165) is 32.7 Å². The van der Waals surface area contributed by atoms with Crippen LogP contribution in [0.5, 0.6) is 0 Å². The van der Waals surface area contributed by atoms with Gasteiger partial charge in [-0.2, -0.15) is 0 Å². The standard InChI is InChI=1S/C14H28N2O3S/c1-13(2,3)15-10-14(4-7-19-12-14)11-16-5-8-20(17,18)9-6-16/h15H,4-12H2,1-3H3. The van der Waals surface area contributed by atoms with Gasteiger partial charge in [0.1, 0.15) is 0 Å². The summed E-state index contributed by atoms with van der Waals surface area (Å²) >= 11 is 0. The molecule has 2 fully saturated rings. The van der Waals surface area contributed by atoms with Crippen molar-refractivity contribution < 1.29 is 13.2 Å². The molecule has 0 aromatic carbocycles. The van der Waals surface area contributed by atoms with Crippen LogP contribution in [0.2, 0.25) is 0 Å². The molecule has 0 aromatic heterocycles. The van der Waals surface area contributed by atoms with Crippen molar-refractivity contribution in [1.82, 2.24) is 10.2 Å². The van der Waals surface area contributed by atoms with E-state index in [1.165, 1.54) is 0 Å². The lowest BCUT2D eigenvalue weighted by molar-refractivity contribution is 0.106. The lowest BCUT2D eigenvalue weighted by Crippen LogP contribution is -2.52. The summed E-state index contributed by atoms with van der Waals surface area (Å²) in [6.07, 6.45) is 1.05. The number of ether oxygens (including phenoxy) is 1. The molecule has 20 heavy (non-hydrogen) atoms. The smallest absolute Gasteiger partial charge is 0.152 e. The molecule has 2 rings (SSSR count). The van der Waals surface area contributed by atoms with Crippen molar-refractivity contribution in [1.29, 1.82) is 0 Å². The van der Waals surface area contributed by atoms with Crippen molar-refractivity contribution in [2.45, 2.75) is 32.7 Å². The van der Waals surface area contributed by atoms with Gasteiger partial charge in [-0.1, -0.05) is 0 Å². The second-order valence-electron chi connectivity index (χ2n) is 7.33. The molecule has 2 heterocycles. The van der Waals surface area contributed by atoms with Gasteiger partial charge in [-0.05, 0) is 27.2 Å².